The van der Waals surface area contributed by atoms with E-state index >= 15 is 0 Å². The van der Waals surface area contributed by atoms with Crippen LogP contribution >= 0.6 is 0 Å². The van der Waals surface area contributed by atoms with Gasteiger partial charge in [0.15, 0.2) is 0 Å². The molecule has 6 nitrogen and oxygen atoms in total. The quantitative estimate of drug-likeness (QED) is 0.400. The predicted molar refractivity (Wildman–Crippen MR) is 92.2 cm³/mol. The highest BCUT2D eigenvalue weighted by atomic mass is 16.4. The van der Waals surface area contributed by atoms with Crippen LogP contribution < -0.4 is 0 Å². The maximum atomic E-state index is 10.6. The number of rotatable bonds is 1. The number of H-pyrrole nitrogens is 2. The third kappa shape index (κ3) is 4.23. The monoisotopic (exact) mass is 324 g/mol. The molecule has 0 bridgehead atoms. The Bertz CT molecular complexity index is 910. The van der Waals surface area contributed by atoms with Gasteiger partial charge in [0.25, 0.3) is 6.47 Å². The average molecular weight is 324 g/mol. The second kappa shape index (κ2) is 8.19. The SMILES string of the molecule is O=C(O)c1ccc2cc[nH]c2c1.O=CO.c1ccc2[nH]ccc2c1. The molecule has 4 N–H and O–H groups in total. The summed E-state index contributed by atoms with van der Waals surface area (Å²) in [5, 5.41) is 17.9. The molecule has 24 heavy (non-hydrogen) atoms. The molecule has 0 amide bonds. The van der Waals surface area contributed by atoms with Crippen LogP contribution in [0.2, 0.25) is 0 Å². The Hall–Kier alpha value is -3.54. The van der Waals surface area contributed by atoms with Crippen molar-refractivity contribution in [1.82, 2.24) is 9.97 Å². The zero-order valence-corrected chi connectivity index (χ0v) is 12.6. The van der Waals surface area contributed by atoms with Gasteiger partial charge >= 0.3 is 5.97 Å². The zero-order valence-electron chi connectivity index (χ0n) is 12.6. The number of nitrogens with one attached hydrogen (secondary N) is 2. The van der Waals surface area contributed by atoms with Crippen LogP contribution in [-0.4, -0.2) is 32.6 Å². The fraction of sp³-hybridized carbons (Fsp3) is 0. The van der Waals surface area contributed by atoms with Gasteiger partial charge in [-0.3, -0.25) is 4.79 Å². The van der Waals surface area contributed by atoms with E-state index in [1.165, 1.54) is 10.9 Å². The standard InChI is InChI=1S/C9H7NO2.C8H7N.CH2O2/c11-9(12)7-2-1-6-3-4-10-8(6)5-7;1-2-4-8-7(3-1)5-6-9-8;2-1-3/h1-5,10H,(H,11,12);1-6,9H;1H,(H,2,3). The number of carbonyl (C=O) groups is 2. The number of carboxylic acids is 1. The summed E-state index contributed by atoms with van der Waals surface area (Å²) in [4.78, 5) is 25.0. The average Bonchev–Trinajstić information content (AvgIpc) is 3.24. The molecule has 0 spiro atoms. The zero-order chi connectivity index (χ0) is 17.4. The minimum absolute atomic E-state index is 0.250. The van der Waals surface area contributed by atoms with Crippen LogP contribution in [0.3, 0.4) is 0 Å². The van der Waals surface area contributed by atoms with E-state index in [4.69, 9.17) is 15.0 Å². The van der Waals surface area contributed by atoms with Crippen molar-refractivity contribution in [3.8, 4) is 0 Å². The Morgan fingerprint density at radius 2 is 1.46 bits per heavy atom. The lowest BCUT2D eigenvalue weighted by Gasteiger charge is -1.93. The molecule has 4 aromatic rings. The van der Waals surface area contributed by atoms with E-state index in [1.807, 2.05) is 24.4 Å². The topological polar surface area (TPSA) is 106 Å². The lowest BCUT2D eigenvalue weighted by atomic mass is 10.2. The summed E-state index contributed by atoms with van der Waals surface area (Å²) >= 11 is 0. The van der Waals surface area contributed by atoms with Crippen molar-refractivity contribution in [3.05, 3.63) is 72.6 Å². The molecular formula is C18H16N2O4. The lowest BCUT2D eigenvalue weighted by molar-refractivity contribution is -0.122. The third-order valence-corrected chi connectivity index (χ3v) is 3.26. The normalized spacial score (nSPS) is 9.50. The summed E-state index contributed by atoms with van der Waals surface area (Å²) < 4.78 is 0. The van der Waals surface area contributed by atoms with Crippen molar-refractivity contribution in [1.29, 1.82) is 0 Å². The number of hydrogen-bond donors (Lipinski definition) is 4. The number of benzene rings is 2. The largest absolute Gasteiger partial charge is 0.483 e. The first-order chi connectivity index (χ1) is 11.7. The molecule has 0 aliphatic rings. The van der Waals surface area contributed by atoms with E-state index in [-0.39, 0.29) is 6.47 Å². The predicted octanol–water partition coefficient (Wildman–Crippen LogP) is 3.73. The maximum absolute atomic E-state index is 10.6. The number of aromatic nitrogens is 2. The van der Waals surface area contributed by atoms with Crippen LogP contribution in [-0.2, 0) is 4.79 Å². The fourth-order valence-electron chi connectivity index (χ4n) is 2.18. The molecule has 0 unspecified atom stereocenters. The number of carboxylic acid groups (broad SMARTS) is 2. The molecule has 2 heterocycles. The summed E-state index contributed by atoms with van der Waals surface area (Å²) in [6.45, 7) is -0.250. The molecule has 0 atom stereocenters. The number of hydrogen-bond acceptors (Lipinski definition) is 2. The molecule has 2 aromatic heterocycles. The van der Waals surface area contributed by atoms with Gasteiger partial charge in [-0.05, 0) is 41.1 Å². The van der Waals surface area contributed by atoms with Crippen LogP contribution in [0.5, 0.6) is 0 Å². The lowest BCUT2D eigenvalue weighted by Crippen LogP contribution is -1.94. The number of aromatic amines is 2. The molecule has 0 radical (unpaired) electrons. The third-order valence-electron chi connectivity index (χ3n) is 3.26. The van der Waals surface area contributed by atoms with E-state index in [0.717, 1.165) is 10.9 Å². The molecule has 2 aromatic carbocycles. The van der Waals surface area contributed by atoms with Gasteiger partial charge in [0, 0.05) is 23.4 Å². The van der Waals surface area contributed by atoms with Crippen LogP contribution in [0.4, 0.5) is 0 Å². The summed E-state index contributed by atoms with van der Waals surface area (Å²) in [6.07, 6.45) is 3.74. The molecule has 4 rings (SSSR count). The Morgan fingerprint density at radius 1 is 0.875 bits per heavy atom. The van der Waals surface area contributed by atoms with E-state index in [0.29, 0.717) is 5.56 Å². The molecule has 0 fully saturated rings. The molecule has 0 saturated carbocycles. The first-order valence-electron chi connectivity index (χ1n) is 7.06. The molecule has 0 saturated heterocycles. The first kappa shape index (κ1) is 16.8. The highest BCUT2D eigenvalue weighted by Gasteiger charge is 2.02. The smallest absolute Gasteiger partial charge is 0.335 e. The Kier molecular flexibility index (Phi) is 5.74. The molecule has 0 aliphatic carbocycles. The van der Waals surface area contributed by atoms with Crippen LogP contribution in [0.25, 0.3) is 21.8 Å². The van der Waals surface area contributed by atoms with E-state index < -0.39 is 5.97 Å². The maximum Gasteiger partial charge on any atom is 0.335 e. The molecule has 122 valence electrons. The van der Waals surface area contributed by atoms with Gasteiger partial charge in [0.2, 0.25) is 0 Å². The summed E-state index contributed by atoms with van der Waals surface area (Å²) in [5.41, 5.74) is 2.37. The van der Waals surface area contributed by atoms with Crippen molar-refractivity contribution in [2.75, 3.05) is 0 Å². The second-order valence-corrected chi connectivity index (χ2v) is 4.76. The van der Waals surface area contributed by atoms with E-state index in [9.17, 15) is 4.79 Å². The van der Waals surface area contributed by atoms with Gasteiger partial charge in [-0.1, -0.05) is 24.3 Å². The second-order valence-electron chi connectivity index (χ2n) is 4.76. The Balaban J connectivity index is 0.000000154. The van der Waals surface area contributed by atoms with Gasteiger partial charge < -0.3 is 20.2 Å². The van der Waals surface area contributed by atoms with Crippen LogP contribution in [0.15, 0.2) is 67.0 Å². The molecular weight excluding hydrogens is 308 g/mol. The van der Waals surface area contributed by atoms with Gasteiger partial charge in [0.1, 0.15) is 0 Å². The molecule has 0 aliphatic heterocycles. The summed E-state index contributed by atoms with van der Waals surface area (Å²) in [5.74, 6) is -0.897. The van der Waals surface area contributed by atoms with Gasteiger partial charge in [-0.15, -0.1) is 0 Å². The van der Waals surface area contributed by atoms with Gasteiger partial charge in [0.05, 0.1) is 5.56 Å². The van der Waals surface area contributed by atoms with Gasteiger partial charge in [-0.2, -0.15) is 0 Å². The molecule has 6 heteroatoms. The van der Waals surface area contributed by atoms with E-state index in [2.05, 4.69) is 28.2 Å². The van der Waals surface area contributed by atoms with E-state index in [1.54, 1.807) is 24.4 Å². The highest BCUT2D eigenvalue weighted by Crippen LogP contribution is 2.13. The minimum Gasteiger partial charge on any atom is -0.483 e. The summed E-state index contributed by atoms with van der Waals surface area (Å²) in [7, 11) is 0. The summed E-state index contributed by atoms with van der Waals surface area (Å²) in [6, 6.07) is 17.2. The van der Waals surface area contributed by atoms with Crippen molar-refractivity contribution in [2.24, 2.45) is 0 Å². The first-order valence-corrected chi connectivity index (χ1v) is 7.06. The minimum atomic E-state index is -0.897. The van der Waals surface area contributed by atoms with Crippen molar-refractivity contribution >= 4 is 34.2 Å². The van der Waals surface area contributed by atoms with Crippen molar-refractivity contribution < 1.29 is 19.8 Å². The van der Waals surface area contributed by atoms with Crippen molar-refractivity contribution in [3.63, 3.8) is 0 Å². The van der Waals surface area contributed by atoms with Crippen molar-refractivity contribution in [2.45, 2.75) is 0 Å². The Labute approximate surface area is 137 Å². The number of fused-ring (bicyclic) bond motifs is 2. The number of aromatic carboxylic acids is 1. The van der Waals surface area contributed by atoms with Crippen LogP contribution in [0.1, 0.15) is 10.4 Å². The van der Waals surface area contributed by atoms with Gasteiger partial charge in [-0.25, -0.2) is 4.79 Å². The van der Waals surface area contributed by atoms with Crippen LogP contribution in [0, 0.1) is 0 Å². The Morgan fingerprint density at radius 3 is 2.08 bits per heavy atom. The highest BCUT2D eigenvalue weighted by molar-refractivity contribution is 5.93. The number of para-hydroxylation sites is 1. The fourth-order valence-corrected chi connectivity index (χ4v) is 2.18.